The topological polar surface area (TPSA) is 72.7 Å². The van der Waals surface area contributed by atoms with Crippen LogP contribution in [0.25, 0.3) is 5.69 Å². The van der Waals surface area contributed by atoms with E-state index in [2.05, 4.69) is 20.4 Å². The van der Waals surface area contributed by atoms with Gasteiger partial charge in [0.1, 0.15) is 0 Å². The van der Waals surface area contributed by atoms with Crippen molar-refractivity contribution in [2.45, 2.75) is 12.8 Å². The summed E-state index contributed by atoms with van der Waals surface area (Å²) in [5, 5.41) is 7.22. The monoisotopic (exact) mass is 305 g/mol. The summed E-state index contributed by atoms with van der Waals surface area (Å²) < 4.78 is 1.84. The fourth-order valence-electron chi connectivity index (χ4n) is 2.82. The first-order valence-corrected chi connectivity index (χ1v) is 7.50. The molecule has 0 spiro atoms. The van der Waals surface area contributed by atoms with Gasteiger partial charge in [0, 0.05) is 43.7 Å². The molecule has 23 heavy (non-hydrogen) atoms. The van der Waals surface area contributed by atoms with Gasteiger partial charge in [-0.2, -0.15) is 5.10 Å². The number of hydrogen-bond acceptors (Lipinski definition) is 4. The summed E-state index contributed by atoms with van der Waals surface area (Å²) >= 11 is 0. The third-order valence-corrected chi connectivity index (χ3v) is 3.91. The van der Waals surface area contributed by atoms with Crippen LogP contribution in [0.5, 0.6) is 0 Å². The molecule has 1 aliphatic heterocycles. The summed E-state index contributed by atoms with van der Waals surface area (Å²) in [5.41, 5.74) is 4.59. The lowest BCUT2D eigenvalue weighted by Gasteiger charge is -2.15. The summed E-state index contributed by atoms with van der Waals surface area (Å²) in [6.45, 7) is 0.644. The van der Waals surface area contributed by atoms with Crippen LogP contribution in [0.2, 0.25) is 0 Å². The van der Waals surface area contributed by atoms with Gasteiger partial charge in [0.05, 0.1) is 23.1 Å². The molecule has 114 valence electrons. The lowest BCUT2D eigenvalue weighted by molar-refractivity contribution is 0.0945. The molecule has 6 nitrogen and oxygen atoms in total. The first-order chi connectivity index (χ1) is 11.3. The van der Waals surface area contributed by atoms with E-state index in [0.29, 0.717) is 18.5 Å². The first kappa shape index (κ1) is 13.6. The highest BCUT2D eigenvalue weighted by molar-refractivity contribution is 5.96. The van der Waals surface area contributed by atoms with Crippen LogP contribution in [0.15, 0.2) is 49.1 Å². The Labute approximate surface area is 133 Å². The molecule has 3 aromatic heterocycles. The Hall–Kier alpha value is -3.02. The second kappa shape index (κ2) is 5.64. The number of hydrogen-bond donors (Lipinski definition) is 1. The van der Waals surface area contributed by atoms with Gasteiger partial charge in [0.25, 0.3) is 5.91 Å². The average molecular weight is 305 g/mol. The van der Waals surface area contributed by atoms with Crippen molar-refractivity contribution in [3.63, 3.8) is 0 Å². The number of carbonyl (C=O) groups excluding carboxylic acids is 1. The minimum absolute atomic E-state index is 0.0536. The fourth-order valence-corrected chi connectivity index (χ4v) is 2.82. The van der Waals surface area contributed by atoms with E-state index >= 15 is 0 Å². The summed E-state index contributed by atoms with van der Waals surface area (Å²) in [7, 11) is 0. The number of amides is 1. The van der Waals surface area contributed by atoms with Crippen LogP contribution < -0.4 is 5.32 Å². The minimum atomic E-state index is -0.0536. The molecule has 1 aliphatic rings. The second-order valence-corrected chi connectivity index (χ2v) is 5.47. The van der Waals surface area contributed by atoms with Crippen molar-refractivity contribution < 1.29 is 4.79 Å². The van der Waals surface area contributed by atoms with Crippen molar-refractivity contribution in [3.05, 3.63) is 71.6 Å². The smallest absolute Gasteiger partial charge is 0.254 e. The maximum Gasteiger partial charge on any atom is 0.254 e. The molecule has 1 N–H and O–H groups in total. The minimum Gasteiger partial charge on any atom is -0.352 e. The Kier molecular flexibility index (Phi) is 3.34. The normalized spacial score (nSPS) is 13.5. The number of rotatable bonds is 3. The molecule has 0 saturated carbocycles. The van der Waals surface area contributed by atoms with Crippen molar-refractivity contribution in [2.24, 2.45) is 0 Å². The molecular formula is C17H15N5O. The number of nitrogens with one attached hydrogen (secondary N) is 1. The number of nitrogens with zero attached hydrogens (tertiary/aromatic N) is 4. The lowest BCUT2D eigenvalue weighted by Crippen LogP contribution is -2.32. The van der Waals surface area contributed by atoms with E-state index < -0.39 is 0 Å². The van der Waals surface area contributed by atoms with Gasteiger partial charge in [-0.3, -0.25) is 14.8 Å². The number of aromatic nitrogens is 4. The maximum atomic E-state index is 11.9. The van der Waals surface area contributed by atoms with Crippen molar-refractivity contribution in [1.29, 1.82) is 0 Å². The molecule has 4 heterocycles. The Bertz CT molecular complexity index is 856. The second-order valence-electron chi connectivity index (χ2n) is 5.47. The highest BCUT2D eigenvalue weighted by Gasteiger charge is 2.22. The molecule has 0 aliphatic carbocycles. The quantitative estimate of drug-likeness (QED) is 0.796. The van der Waals surface area contributed by atoms with Crippen molar-refractivity contribution in [2.75, 3.05) is 6.54 Å². The summed E-state index contributed by atoms with van der Waals surface area (Å²) in [6, 6.07) is 7.86. The number of carbonyl (C=O) groups is 1. The van der Waals surface area contributed by atoms with Crippen LogP contribution >= 0.6 is 0 Å². The summed E-state index contributed by atoms with van der Waals surface area (Å²) in [4.78, 5) is 20.4. The Morgan fingerprint density at radius 2 is 2.17 bits per heavy atom. The van der Waals surface area contributed by atoms with E-state index in [-0.39, 0.29) is 5.91 Å². The van der Waals surface area contributed by atoms with Crippen LogP contribution in [0.3, 0.4) is 0 Å². The van der Waals surface area contributed by atoms with E-state index in [1.54, 1.807) is 18.6 Å². The van der Waals surface area contributed by atoms with Gasteiger partial charge in [0.2, 0.25) is 0 Å². The fraction of sp³-hybridized carbons (Fsp3) is 0.176. The molecule has 1 amide bonds. The van der Waals surface area contributed by atoms with Crippen LogP contribution in [0.4, 0.5) is 0 Å². The van der Waals surface area contributed by atoms with Gasteiger partial charge >= 0.3 is 0 Å². The molecule has 0 bridgehead atoms. The Morgan fingerprint density at radius 1 is 1.22 bits per heavy atom. The zero-order chi connectivity index (χ0) is 15.6. The molecule has 0 saturated heterocycles. The molecule has 4 rings (SSSR count). The largest absolute Gasteiger partial charge is 0.352 e. The van der Waals surface area contributed by atoms with E-state index in [9.17, 15) is 4.79 Å². The summed E-state index contributed by atoms with van der Waals surface area (Å²) in [5.74, 6) is -0.0536. The summed E-state index contributed by atoms with van der Waals surface area (Å²) in [6.07, 6.45) is 8.50. The van der Waals surface area contributed by atoms with E-state index in [1.807, 2.05) is 35.1 Å². The van der Waals surface area contributed by atoms with E-state index in [4.69, 9.17) is 0 Å². The first-order valence-electron chi connectivity index (χ1n) is 7.50. The van der Waals surface area contributed by atoms with Gasteiger partial charge in [-0.1, -0.05) is 6.07 Å². The number of pyridine rings is 2. The predicted octanol–water partition coefficient (Wildman–Crippen LogP) is 1.54. The molecule has 0 fully saturated rings. The van der Waals surface area contributed by atoms with Gasteiger partial charge in [-0.05, 0) is 23.8 Å². The zero-order valence-electron chi connectivity index (χ0n) is 12.4. The Morgan fingerprint density at radius 3 is 3.04 bits per heavy atom. The zero-order valence-corrected chi connectivity index (χ0v) is 12.4. The van der Waals surface area contributed by atoms with Gasteiger partial charge in [0.15, 0.2) is 0 Å². The van der Waals surface area contributed by atoms with E-state index in [0.717, 1.165) is 29.1 Å². The molecule has 0 unspecified atom stereocenters. The van der Waals surface area contributed by atoms with Crippen LogP contribution in [-0.4, -0.2) is 32.2 Å². The van der Waals surface area contributed by atoms with Crippen molar-refractivity contribution >= 4 is 5.91 Å². The van der Waals surface area contributed by atoms with Gasteiger partial charge in [-0.15, -0.1) is 0 Å². The third kappa shape index (κ3) is 2.59. The standard InChI is InChI=1S/C17H15N5O/c23-17-15-11-21-22(16(15)4-7-20-17)14-3-6-19-13(9-14)8-12-2-1-5-18-10-12/h1-3,5-6,9-11H,4,7-8H2,(H,20,23). The lowest BCUT2D eigenvalue weighted by atomic mass is 10.1. The molecule has 3 aromatic rings. The molecular weight excluding hydrogens is 290 g/mol. The van der Waals surface area contributed by atoms with Gasteiger partial charge in [-0.25, -0.2) is 4.68 Å². The highest BCUT2D eigenvalue weighted by atomic mass is 16.1. The van der Waals surface area contributed by atoms with Crippen molar-refractivity contribution in [1.82, 2.24) is 25.1 Å². The number of fused-ring (bicyclic) bond motifs is 1. The van der Waals surface area contributed by atoms with Crippen LogP contribution in [0, 0.1) is 0 Å². The highest BCUT2D eigenvalue weighted by Crippen LogP contribution is 2.19. The van der Waals surface area contributed by atoms with E-state index in [1.165, 1.54) is 0 Å². The van der Waals surface area contributed by atoms with Crippen LogP contribution in [-0.2, 0) is 12.8 Å². The maximum absolute atomic E-state index is 11.9. The Balaban J connectivity index is 1.68. The third-order valence-electron chi connectivity index (χ3n) is 3.91. The SMILES string of the molecule is O=C1NCCc2c1cnn2-c1ccnc(Cc2cccnc2)c1. The molecule has 0 aromatic carbocycles. The van der Waals surface area contributed by atoms with Crippen molar-refractivity contribution in [3.8, 4) is 5.69 Å². The predicted molar refractivity (Wildman–Crippen MR) is 84.4 cm³/mol. The molecule has 6 heteroatoms. The van der Waals surface area contributed by atoms with Gasteiger partial charge < -0.3 is 5.32 Å². The molecule has 0 radical (unpaired) electrons. The van der Waals surface area contributed by atoms with Crippen LogP contribution in [0.1, 0.15) is 27.3 Å². The molecule has 0 atom stereocenters. The average Bonchev–Trinajstić information content (AvgIpc) is 3.02.